The van der Waals surface area contributed by atoms with Gasteiger partial charge in [-0.1, -0.05) is 0 Å². The van der Waals surface area contributed by atoms with Crippen LogP contribution >= 0.6 is 0 Å². The Morgan fingerprint density at radius 3 is 2.62 bits per heavy atom. The van der Waals surface area contributed by atoms with Gasteiger partial charge in [0.15, 0.2) is 0 Å². The van der Waals surface area contributed by atoms with E-state index in [1.807, 2.05) is 24.0 Å². The third kappa shape index (κ3) is 2.22. The molecule has 0 bridgehead atoms. The van der Waals surface area contributed by atoms with Gasteiger partial charge >= 0.3 is 0 Å². The van der Waals surface area contributed by atoms with Gasteiger partial charge in [-0.2, -0.15) is 0 Å². The highest BCUT2D eigenvalue weighted by atomic mass is 16.2. The van der Waals surface area contributed by atoms with Gasteiger partial charge < -0.3 is 10.6 Å². The predicted molar refractivity (Wildman–Crippen MR) is 61.5 cm³/mol. The third-order valence-corrected chi connectivity index (χ3v) is 3.01. The van der Waals surface area contributed by atoms with Crippen LogP contribution in [0.25, 0.3) is 0 Å². The summed E-state index contributed by atoms with van der Waals surface area (Å²) in [6, 6.07) is 3.85. The fourth-order valence-electron chi connectivity index (χ4n) is 1.70. The van der Waals surface area contributed by atoms with E-state index in [2.05, 4.69) is 4.98 Å². The number of carbonyl (C=O) groups is 1. The number of amides is 1. The second kappa shape index (κ2) is 4.22. The molecule has 0 spiro atoms. The maximum absolute atomic E-state index is 12.0. The highest BCUT2D eigenvalue weighted by molar-refractivity contribution is 5.89. The van der Waals surface area contributed by atoms with Gasteiger partial charge in [0.1, 0.15) is 0 Å². The van der Waals surface area contributed by atoms with Crippen molar-refractivity contribution in [2.24, 2.45) is 5.73 Å². The summed E-state index contributed by atoms with van der Waals surface area (Å²) in [5.41, 5.74) is 6.44. The number of hydrogen-bond donors (Lipinski definition) is 1. The van der Waals surface area contributed by atoms with Crippen molar-refractivity contribution in [2.45, 2.75) is 31.8 Å². The first-order valence-corrected chi connectivity index (χ1v) is 5.63. The molecule has 1 aromatic heterocycles. The van der Waals surface area contributed by atoms with Crippen molar-refractivity contribution < 1.29 is 4.79 Å². The predicted octanol–water partition coefficient (Wildman–Crippen LogP) is 0.921. The molecule has 86 valence electrons. The number of hydrogen-bond acceptors (Lipinski definition) is 3. The van der Waals surface area contributed by atoms with Gasteiger partial charge in [0.2, 0.25) is 5.91 Å². The van der Waals surface area contributed by atoms with Crippen LogP contribution in [0, 0.1) is 0 Å². The van der Waals surface area contributed by atoms with E-state index in [1.165, 1.54) is 0 Å². The zero-order valence-corrected chi connectivity index (χ0v) is 9.52. The molecular formula is C12H17N3O. The van der Waals surface area contributed by atoms with Crippen molar-refractivity contribution in [3.8, 4) is 0 Å². The van der Waals surface area contributed by atoms with Crippen LogP contribution < -0.4 is 5.73 Å². The summed E-state index contributed by atoms with van der Waals surface area (Å²) in [4.78, 5) is 17.8. The van der Waals surface area contributed by atoms with Gasteiger partial charge in [-0.3, -0.25) is 9.78 Å². The third-order valence-electron chi connectivity index (χ3n) is 3.01. The van der Waals surface area contributed by atoms with Gasteiger partial charge in [-0.05, 0) is 37.5 Å². The molecule has 2 N–H and O–H groups in total. The van der Waals surface area contributed by atoms with E-state index < -0.39 is 5.54 Å². The summed E-state index contributed by atoms with van der Waals surface area (Å²) in [6.07, 6.45) is 5.11. The summed E-state index contributed by atoms with van der Waals surface area (Å²) in [6.45, 7) is 3.29. The van der Waals surface area contributed by atoms with Crippen LogP contribution in [0.5, 0.6) is 0 Å². The van der Waals surface area contributed by atoms with E-state index >= 15 is 0 Å². The van der Waals surface area contributed by atoms with Crippen LogP contribution in [0.15, 0.2) is 24.5 Å². The standard InChI is InChI=1S/C12H17N3O/c1-2-15(11(16)12(13)5-6-12)9-10-3-7-14-8-4-10/h3-4,7-8H,2,5-6,9,13H2,1H3. The zero-order chi connectivity index (χ0) is 11.6. The summed E-state index contributed by atoms with van der Waals surface area (Å²) in [7, 11) is 0. The Labute approximate surface area is 95.5 Å². The van der Waals surface area contributed by atoms with Gasteiger partial charge in [-0.25, -0.2) is 0 Å². The maximum Gasteiger partial charge on any atom is 0.242 e. The first kappa shape index (κ1) is 11.1. The van der Waals surface area contributed by atoms with E-state index in [4.69, 9.17) is 5.73 Å². The molecule has 1 fully saturated rings. The second-order valence-electron chi connectivity index (χ2n) is 4.33. The van der Waals surface area contributed by atoms with Gasteiger partial charge in [0.25, 0.3) is 0 Å². The van der Waals surface area contributed by atoms with Crippen molar-refractivity contribution in [1.82, 2.24) is 9.88 Å². The number of pyridine rings is 1. The molecule has 0 saturated heterocycles. The monoisotopic (exact) mass is 219 g/mol. The summed E-state index contributed by atoms with van der Waals surface area (Å²) in [5.74, 6) is 0.0758. The quantitative estimate of drug-likeness (QED) is 0.819. The Hall–Kier alpha value is -1.42. The van der Waals surface area contributed by atoms with Crippen molar-refractivity contribution in [3.63, 3.8) is 0 Å². The van der Waals surface area contributed by atoms with Crippen LogP contribution in [0.2, 0.25) is 0 Å². The summed E-state index contributed by atoms with van der Waals surface area (Å²) in [5, 5.41) is 0. The summed E-state index contributed by atoms with van der Waals surface area (Å²) < 4.78 is 0. The van der Waals surface area contributed by atoms with Gasteiger partial charge in [-0.15, -0.1) is 0 Å². The molecule has 1 heterocycles. The molecule has 0 unspecified atom stereocenters. The lowest BCUT2D eigenvalue weighted by molar-refractivity contribution is -0.134. The number of nitrogens with two attached hydrogens (primary N) is 1. The molecule has 2 rings (SSSR count). The molecular weight excluding hydrogens is 202 g/mol. The van der Waals surface area contributed by atoms with E-state index in [-0.39, 0.29) is 5.91 Å². The zero-order valence-electron chi connectivity index (χ0n) is 9.52. The molecule has 0 aromatic carbocycles. The minimum absolute atomic E-state index is 0.0758. The van der Waals surface area contributed by atoms with Gasteiger partial charge in [0, 0.05) is 25.5 Å². The second-order valence-corrected chi connectivity index (χ2v) is 4.33. The molecule has 1 aliphatic rings. The number of aromatic nitrogens is 1. The van der Waals surface area contributed by atoms with E-state index in [9.17, 15) is 4.79 Å². The van der Waals surface area contributed by atoms with Crippen molar-refractivity contribution in [3.05, 3.63) is 30.1 Å². The number of likely N-dealkylation sites (N-methyl/N-ethyl adjacent to an activating group) is 1. The molecule has 1 amide bonds. The topological polar surface area (TPSA) is 59.2 Å². The lowest BCUT2D eigenvalue weighted by Gasteiger charge is -2.24. The number of rotatable bonds is 4. The molecule has 4 nitrogen and oxygen atoms in total. The van der Waals surface area contributed by atoms with Crippen molar-refractivity contribution in [1.29, 1.82) is 0 Å². The van der Waals surface area contributed by atoms with Crippen molar-refractivity contribution in [2.75, 3.05) is 6.54 Å². The van der Waals surface area contributed by atoms with E-state index in [0.717, 1.165) is 18.4 Å². The van der Waals surface area contributed by atoms with Crippen molar-refractivity contribution >= 4 is 5.91 Å². The Balaban J connectivity index is 2.04. The largest absolute Gasteiger partial charge is 0.337 e. The normalized spacial score (nSPS) is 16.9. The summed E-state index contributed by atoms with van der Waals surface area (Å²) >= 11 is 0. The van der Waals surface area contributed by atoms with Crippen LogP contribution in [-0.4, -0.2) is 27.9 Å². The molecule has 16 heavy (non-hydrogen) atoms. The number of carbonyl (C=O) groups excluding carboxylic acids is 1. The molecule has 1 aliphatic carbocycles. The molecule has 0 atom stereocenters. The molecule has 1 aromatic rings. The maximum atomic E-state index is 12.0. The van der Waals surface area contributed by atoms with Crippen LogP contribution in [0.3, 0.4) is 0 Å². The highest BCUT2D eigenvalue weighted by Crippen LogP contribution is 2.34. The SMILES string of the molecule is CCN(Cc1ccncc1)C(=O)C1(N)CC1. The molecule has 1 saturated carbocycles. The Bertz CT molecular complexity index is 373. The Morgan fingerprint density at radius 1 is 1.50 bits per heavy atom. The van der Waals surface area contributed by atoms with Gasteiger partial charge in [0.05, 0.1) is 5.54 Å². The molecule has 0 radical (unpaired) electrons. The van der Waals surface area contributed by atoms with Crippen LogP contribution in [-0.2, 0) is 11.3 Å². The Morgan fingerprint density at radius 2 is 2.12 bits per heavy atom. The lowest BCUT2D eigenvalue weighted by Crippen LogP contribution is -2.45. The minimum atomic E-state index is -0.566. The fraction of sp³-hybridized carbons (Fsp3) is 0.500. The molecule has 0 aliphatic heterocycles. The average Bonchev–Trinajstić information content (AvgIpc) is 3.06. The first-order chi connectivity index (χ1) is 7.65. The number of nitrogens with zero attached hydrogens (tertiary/aromatic N) is 2. The first-order valence-electron chi connectivity index (χ1n) is 5.63. The average molecular weight is 219 g/mol. The smallest absolute Gasteiger partial charge is 0.242 e. The molecule has 4 heteroatoms. The highest BCUT2D eigenvalue weighted by Gasteiger charge is 2.47. The van der Waals surface area contributed by atoms with E-state index in [0.29, 0.717) is 13.1 Å². The minimum Gasteiger partial charge on any atom is -0.337 e. The lowest BCUT2D eigenvalue weighted by atomic mass is 10.2. The van der Waals surface area contributed by atoms with Crippen LogP contribution in [0.4, 0.5) is 0 Å². The Kier molecular flexibility index (Phi) is 2.92. The van der Waals surface area contributed by atoms with E-state index in [1.54, 1.807) is 12.4 Å². The van der Waals surface area contributed by atoms with Crippen LogP contribution in [0.1, 0.15) is 25.3 Å². The fourth-order valence-corrected chi connectivity index (χ4v) is 1.70.